The van der Waals surface area contributed by atoms with E-state index in [0.717, 1.165) is 43.0 Å². The van der Waals surface area contributed by atoms with E-state index in [1.807, 2.05) is 18.2 Å². The van der Waals surface area contributed by atoms with Gasteiger partial charge in [0.15, 0.2) is 5.78 Å². The van der Waals surface area contributed by atoms with Crippen LogP contribution >= 0.6 is 0 Å². The van der Waals surface area contributed by atoms with Crippen molar-refractivity contribution in [2.75, 3.05) is 26.3 Å². The molecule has 1 atom stereocenters. The summed E-state index contributed by atoms with van der Waals surface area (Å²) >= 11 is 0. The summed E-state index contributed by atoms with van der Waals surface area (Å²) in [6.45, 7) is 7.62. The third-order valence-electron chi connectivity index (χ3n) is 4.36. The first kappa shape index (κ1) is 14.5. The molecule has 1 aromatic rings. The van der Waals surface area contributed by atoms with Gasteiger partial charge in [-0.1, -0.05) is 12.1 Å². The molecule has 4 nitrogen and oxygen atoms in total. The van der Waals surface area contributed by atoms with E-state index < -0.39 is 0 Å². The van der Waals surface area contributed by atoms with Gasteiger partial charge in [-0.25, -0.2) is 0 Å². The van der Waals surface area contributed by atoms with Crippen LogP contribution in [0.3, 0.4) is 0 Å². The highest BCUT2D eigenvalue weighted by Gasteiger charge is 2.25. The maximum Gasteiger partial charge on any atom is 0.163 e. The second kappa shape index (κ2) is 6.16. The number of fused-ring (bicyclic) bond motifs is 1. The Morgan fingerprint density at radius 2 is 2.24 bits per heavy atom. The molecule has 114 valence electrons. The highest BCUT2D eigenvalue weighted by molar-refractivity contribution is 6.01. The number of carbonyl (C=O) groups excluding carboxylic acids is 1. The fraction of sp³-hybridized carbons (Fsp3) is 0.588. The molecule has 0 saturated carbocycles. The predicted octanol–water partition coefficient (Wildman–Crippen LogP) is 2.30. The Kier molecular flexibility index (Phi) is 4.27. The molecule has 0 aromatic heterocycles. The van der Waals surface area contributed by atoms with Gasteiger partial charge in [-0.2, -0.15) is 0 Å². The number of morpholine rings is 1. The molecule has 1 heterocycles. The van der Waals surface area contributed by atoms with Crippen molar-refractivity contribution in [3.8, 4) is 5.75 Å². The van der Waals surface area contributed by atoms with Crippen LogP contribution in [0.15, 0.2) is 18.2 Å². The molecule has 1 fully saturated rings. The number of rotatable bonds is 4. The van der Waals surface area contributed by atoms with Crippen molar-refractivity contribution >= 4 is 5.78 Å². The van der Waals surface area contributed by atoms with Crippen LogP contribution in [0, 0.1) is 0 Å². The smallest absolute Gasteiger partial charge is 0.163 e. The highest BCUT2D eigenvalue weighted by Crippen LogP contribution is 2.30. The average Bonchev–Trinajstić information content (AvgIpc) is 2.88. The Labute approximate surface area is 126 Å². The van der Waals surface area contributed by atoms with Gasteiger partial charge in [0.2, 0.25) is 0 Å². The summed E-state index contributed by atoms with van der Waals surface area (Å²) in [7, 11) is 0. The van der Waals surface area contributed by atoms with E-state index in [9.17, 15) is 4.79 Å². The van der Waals surface area contributed by atoms with E-state index in [0.29, 0.717) is 19.1 Å². The maximum atomic E-state index is 11.8. The van der Waals surface area contributed by atoms with E-state index in [2.05, 4.69) is 18.7 Å². The number of carbonyl (C=O) groups is 1. The average molecular weight is 289 g/mol. The Hall–Kier alpha value is -1.39. The fourth-order valence-electron chi connectivity index (χ4n) is 3.09. The van der Waals surface area contributed by atoms with Crippen LogP contribution in [0.5, 0.6) is 5.75 Å². The molecule has 1 unspecified atom stereocenters. The molecule has 0 spiro atoms. The Balaban J connectivity index is 1.62. The molecule has 0 N–H and O–H groups in total. The zero-order valence-electron chi connectivity index (χ0n) is 12.8. The van der Waals surface area contributed by atoms with Crippen LogP contribution in [0.1, 0.15) is 36.2 Å². The summed E-state index contributed by atoms with van der Waals surface area (Å²) in [5, 5.41) is 0. The molecule has 0 amide bonds. The van der Waals surface area contributed by atoms with E-state index in [1.165, 1.54) is 0 Å². The normalized spacial score (nSPS) is 22.6. The third-order valence-corrected chi connectivity index (χ3v) is 4.36. The molecule has 0 bridgehead atoms. The van der Waals surface area contributed by atoms with E-state index in [4.69, 9.17) is 9.47 Å². The molecule has 1 aromatic carbocycles. The van der Waals surface area contributed by atoms with Gasteiger partial charge in [0.1, 0.15) is 18.5 Å². The van der Waals surface area contributed by atoms with Gasteiger partial charge in [-0.3, -0.25) is 9.69 Å². The molecule has 21 heavy (non-hydrogen) atoms. The lowest BCUT2D eigenvalue weighted by molar-refractivity contribution is -0.0565. The number of ketones is 1. The van der Waals surface area contributed by atoms with Gasteiger partial charge in [0, 0.05) is 36.7 Å². The first-order chi connectivity index (χ1) is 10.1. The quantitative estimate of drug-likeness (QED) is 0.852. The summed E-state index contributed by atoms with van der Waals surface area (Å²) in [4.78, 5) is 14.2. The molecular weight excluding hydrogens is 266 g/mol. The van der Waals surface area contributed by atoms with Crippen molar-refractivity contribution < 1.29 is 14.3 Å². The number of benzene rings is 1. The van der Waals surface area contributed by atoms with E-state index in [-0.39, 0.29) is 11.9 Å². The van der Waals surface area contributed by atoms with Gasteiger partial charge < -0.3 is 9.47 Å². The van der Waals surface area contributed by atoms with Crippen molar-refractivity contribution in [3.05, 3.63) is 29.3 Å². The summed E-state index contributed by atoms with van der Waals surface area (Å²) < 4.78 is 11.7. The SMILES string of the molecule is CC(C)N1CCOC(COc2cccc3c2CCC3=O)C1. The molecule has 4 heteroatoms. The van der Waals surface area contributed by atoms with E-state index >= 15 is 0 Å². The Morgan fingerprint density at radius 1 is 1.38 bits per heavy atom. The van der Waals surface area contributed by atoms with Gasteiger partial charge in [-0.15, -0.1) is 0 Å². The summed E-state index contributed by atoms with van der Waals surface area (Å²) in [5.41, 5.74) is 1.90. The largest absolute Gasteiger partial charge is 0.491 e. The Bertz CT molecular complexity index is 527. The standard InChI is InChI=1S/C17H23NO3/c1-12(2)18-8-9-20-13(10-18)11-21-17-5-3-4-14-15(17)6-7-16(14)19/h3-5,12-13H,6-11H2,1-2H3. The summed E-state index contributed by atoms with van der Waals surface area (Å²) in [5.74, 6) is 1.08. The lowest BCUT2D eigenvalue weighted by Gasteiger charge is -2.35. The lowest BCUT2D eigenvalue weighted by atomic mass is 10.1. The number of hydrogen-bond acceptors (Lipinski definition) is 4. The van der Waals surface area contributed by atoms with Gasteiger partial charge in [0.05, 0.1) is 6.61 Å². The predicted molar refractivity (Wildman–Crippen MR) is 81.0 cm³/mol. The first-order valence-electron chi connectivity index (χ1n) is 7.78. The monoisotopic (exact) mass is 289 g/mol. The molecule has 0 radical (unpaired) electrons. The zero-order valence-corrected chi connectivity index (χ0v) is 12.8. The summed E-state index contributed by atoms with van der Waals surface area (Å²) in [6, 6.07) is 6.30. The number of Topliss-reactive ketones (excluding diaryl/α,β-unsaturated/α-hetero) is 1. The van der Waals surface area contributed by atoms with Gasteiger partial charge in [0.25, 0.3) is 0 Å². The third kappa shape index (κ3) is 3.11. The Morgan fingerprint density at radius 3 is 3.05 bits per heavy atom. The van der Waals surface area contributed by atoms with Crippen LogP contribution in [-0.4, -0.2) is 49.1 Å². The fourth-order valence-corrected chi connectivity index (χ4v) is 3.09. The molecule has 1 saturated heterocycles. The van der Waals surface area contributed by atoms with Gasteiger partial charge in [-0.05, 0) is 26.3 Å². The number of hydrogen-bond donors (Lipinski definition) is 0. The highest BCUT2D eigenvalue weighted by atomic mass is 16.5. The second-order valence-electron chi connectivity index (χ2n) is 6.10. The van der Waals surface area contributed by atoms with Crippen molar-refractivity contribution in [2.45, 2.75) is 38.8 Å². The minimum atomic E-state index is 0.106. The minimum absolute atomic E-state index is 0.106. The molecule has 1 aliphatic carbocycles. The van der Waals surface area contributed by atoms with Crippen LogP contribution < -0.4 is 4.74 Å². The van der Waals surface area contributed by atoms with Crippen LogP contribution in [0.25, 0.3) is 0 Å². The molecule has 2 aliphatic rings. The molecule has 1 aliphatic heterocycles. The maximum absolute atomic E-state index is 11.8. The van der Waals surface area contributed by atoms with Crippen LogP contribution in [-0.2, 0) is 11.2 Å². The lowest BCUT2D eigenvalue weighted by Crippen LogP contribution is -2.47. The molecule has 3 rings (SSSR count). The van der Waals surface area contributed by atoms with Gasteiger partial charge >= 0.3 is 0 Å². The van der Waals surface area contributed by atoms with E-state index in [1.54, 1.807) is 0 Å². The second-order valence-corrected chi connectivity index (χ2v) is 6.10. The minimum Gasteiger partial charge on any atom is -0.491 e. The zero-order chi connectivity index (χ0) is 14.8. The number of ether oxygens (including phenoxy) is 2. The number of nitrogens with zero attached hydrogens (tertiary/aromatic N) is 1. The van der Waals surface area contributed by atoms with Crippen molar-refractivity contribution in [1.82, 2.24) is 4.90 Å². The van der Waals surface area contributed by atoms with Crippen molar-refractivity contribution in [2.24, 2.45) is 0 Å². The van der Waals surface area contributed by atoms with Crippen molar-refractivity contribution in [1.29, 1.82) is 0 Å². The molecular formula is C17H23NO3. The van der Waals surface area contributed by atoms with Crippen LogP contribution in [0.2, 0.25) is 0 Å². The van der Waals surface area contributed by atoms with Crippen molar-refractivity contribution in [3.63, 3.8) is 0 Å². The topological polar surface area (TPSA) is 38.8 Å². The first-order valence-corrected chi connectivity index (χ1v) is 7.78. The van der Waals surface area contributed by atoms with Crippen LogP contribution in [0.4, 0.5) is 0 Å². The summed E-state index contributed by atoms with van der Waals surface area (Å²) in [6.07, 6.45) is 1.51.